The van der Waals surface area contributed by atoms with E-state index in [0.717, 1.165) is 11.1 Å². The molecule has 0 saturated carbocycles. The predicted octanol–water partition coefficient (Wildman–Crippen LogP) is 5.01. The van der Waals surface area contributed by atoms with Gasteiger partial charge in [0.25, 0.3) is 0 Å². The van der Waals surface area contributed by atoms with Crippen LogP contribution in [0, 0.1) is 5.82 Å². The van der Waals surface area contributed by atoms with E-state index in [2.05, 4.69) is 24.3 Å². The second-order valence-corrected chi connectivity index (χ2v) is 8.13. The van der Waals surface area contributed by atoms with Crippen molar-refractivity contribution in [1.29, 1.82) is 0 Å². The summed E-state index contributed by atoms with van der Waals surface area (Å²) in [6.07, 6.45) is 2.50. The molecule has 0 unspecified atom stereocenters. The van der Waals surface area contributed by atoms with Crippen LogP contribution in [-0.2, 0) is 4.43 Å². The molecule has 1 fully saturated rings. The van der Waals surface area contributed by atoms with Crippen molar-refractivity contribution in [3.05, 3.63) is 59.9 Å². The minimum atomic E-state index is -0.517. The summed E-state index contributed by atoms with van der Waals surface area (Å²) in [7, 11) is 1.34. The second-order valence-electron chi connectivity index (χ2n) is 5.65. The summed E-state index contributed by atoms with van der Waals surface area (Å²) in [5.41, 5.74) is 3.64. The van der Waals surface area contributed by atoms with E-state index in [-0.39, 0.29) is 5.82 Å². The maximum absolute atomic E-state index is 13.0. The first-order valence-electron chi connectivity index (χ1n) is 7.51. The zero-order valence-corrected chi connectivity index (χ0v) is 13.3. The van der Waals surface area contributed by atoms with Gasteiger partial charge in [-0.05, 0) is 59.7 Å². The Bertz CT molecular complexity index is 571. The van der Waals surface area contributed by atoms with Crippen molar-refractivity contribution in [3.8, 4) is 11.1 Å². The molecule has 1 heterocycles. The number of benzene rings is 2. The monoisotopic (exact) mass is 299 g/mol. The number of hydrogen-bond donors (Lipinski definition) is 0. The highest BCUT2D eigenvalue weighted by Crippen LogP contribution is 2.34. The SMILES string of the molecule is CO[Si]1CCC(c2ccc(-c3ccc(F)cc3)cc2)CC1. The average molecular weight is 299 g/mol. The van der Waals surface area contributed by atoms with Crippen LogP contribution in [0.25, 0.3) is 11.1 Å². The van der Waals surface area contributed by atoms with E-state index in [0.29, 0.717) is 5.92 Å². The Kier molecular flexibility index (Phi) is 4.51. The molecule has 0 atom stereocenters. The quantitative estimate of drug-likeness (QED) is 0.724. The summed E-state index contributed by atoms with van der Waals surface area (Å²) in [4.78, 5) is 0. The first-order valence-corrected chi connectivity index (χ1v) is 9.33. The van der Waals surface area contributed by atoms with E-state index in [9.17, 15) is 4.39 Å². The van der Waals surface area contributed by atoms with Crippen LogP contribution < -0.4 is 0 Å². The molecule has 2 aromatic carbocycles. The van der Waals surface area contributed by atoms with E-state index in [1.807, 2.05) is 19.2 Å². The molecule has 0 bridgehead atoms. The molecule has 0 aliphatic carbocycles. The molecule has 21 heavy (non-hydrogen) atoms. The van der Waals surface area contributed by atoms with Gasteiger partial charge in [0.05, 0.1) is 0 Å². The second kappa shape index (κ2) is 6.54. The Balaban J connectivity index is 1.71. The molecule has 1 aliphatic rings. The largest absolute Gasteiger partial charge is 0.420 e. The van der Waals surface area contributed by atoms with Crippen molar-refractivity contribution >= 4 is 9.04 Å². The van der Waals surface area contributed by atoms with Crippen LogP contribution in [0.5, 0.6) is 0 Å². The summed E-state index contributed by atoms with van der Waals surface area (Å²) >= 11 is 0. The summed E-state index contributed by atoms with van der Waals surface area (Å²) in [6, 6.07) is 18.0. The third-order valence-electron chi connectivity index (χ3n) is 4.39. The van der Waals surface area contributed by atoms with Crippen molar-refractivity contribution in [1.82, 2.24) is 0 Å². The summed E-state index contributed by atoms with van der Waals surface area (Å²) in [5.74, 6) is 0.490. The van der Waals surface area contributed by atoms with E-state index >= 15 is 0 Å². The fourth-order valence-electron chi connectivity index (χ4n) is 3.07. The fourth-order valence-corrected chi connectivity index (χ4v) is 5.07. The number of halogens is 1. The van der Waals surface area contributed by atoms with E-state index in [4.69, 9.17) is 4.43 Å². The summed E-state index contributed by atoms with van der Waals surface area (Å²) in [6.45, 7) is 0. The van der Waals surface area contributed by atoms with Crippen LogP contribution in [-0.4, -0.2) is 16.2 Å². The van der Waals surface area contributed by atoms with Gasteiger partial charge in [0, 0.05) is 7.11 Å². The van der Waals surface area contributed by atoms with Gasteiger partial charge in [-0.2, -0.15) is 0 Å². The maximum Gasteiger partial charge on any atom is 0.210 e. The van der Waals surface area contributed by atoms with Crippen LogP contribution in [0.15, 0.2) is 48.5 Å². The Morgan fingerprint density at radius 2 is 1.43 bits per heavy atom. The van der Waals surface area contributed by atoms with Gasteiger partial charge in [0.15, 0.2) is 0 Å². The minimum absolute atomic E-state index is 0.187. The Hall–Kier alpha value is -1.45. The lowest BCUT2D eigenvalue weighted by Gasteiger charge is -2.26. The lowest BCUT2D eigenvalue weighted by Crippen LogP contribution is -2.22. The molecule has 3 heteroatoms. The highest BCUT2D eigenvalue weighted by molar-refractivity contribution is 6.52. The zero-order chi connectivity index (χ0) is 14.7. The molecule has 3 rings (SSSR count). The lowest BCUT2D eigenvalue weighted by atomic mass is 9.92. The van der Waals surface area contributed by atoms with Gasteiger partial charge in [-0.25, -0.2) is 4.39 Å². The third-order valence-corrected chi connectivity index (χ3v) is 6.66. The van der Waals surface area contributed by atoms with Gasteiger partial charge in [-0.3, -0.25) is 0 Å². The van der Waals surface area contributed by atoms with Gasteiger partial charge in [0.2, 0.25) is 9.04 Å². The zero-order valence-electron chi connectivity index (χ0n) is 12.3. The Labute approximate surface area is 127 Å². The van der Waals surface area contributed by atoms with Gasteiger partial charge in [0.1, 0.15) is 5.82 Å². The molecule has 0 N–H and O–H groups in total. The van der Waals surface area contributed by atoms with Crippen molar-refractivity contribution in [2.75, 3.05) is 7.11 Å². The smallest absolute Gasteiger partial charge is 0.210 e. The highest BCUT2D eigenvalue weighted by Gasteiger charge is 2.24. The first-order chi connectivity index (χ1) is 10.3. The molecular weight excluding hydrogens is 279 g/mol. The maximum atomic E-state index is 13.0. The molecule has 1 saturated heterocycles. The van der Waals surface area contributed by atoms with Crippen molar-refractivity contribution in [2.45, 2.75) is 30.8 Å². The number of rotatable bonds is 3. The van der Waals surface area contributed by atoms with Crippen LogP contribution in [0.4, 0.5) is 4.39 Å². The normalized spacial score (nSPS) is 17.0. The molecule has 109 valence electrons. The average Bonchev–Trinajstić information content (AvgIpc) is 2.56. The Morgan fingerprint density at radius 1 is 0.905 bits per heavy atom. The molecule has 1 nitrogen and oxygen atoms in total. The molecule has 0 aromatic heterocycles. The standard InChI is InChI=1S/C18H20FOSi/c1-20-21-12-10-17(11-13-21)15-4-2-14(3-5-15)16-6-8-18(19)9-7-16/h2-9,17H,10-13H2,1H3. The molecular formula is C18H20FOSi. The van der Waals surface area contributed by atoms with Gasteiger partial charge in [-0.15, -0.1) is 0 Å². The van der Waals surface area contributed by atoms with Crippen molar-refractivity contribution < 1.29 is 8.82 Å². The first kappa shape index (κ1) is 14.5. The lowest BCUT2D eigenvalue weighted by molar-refractivity contribution is 0.398. The van der Waals surface area contributed by atoms with Crippen LogP contribution in [0.3, 0.4) is 0 Å². The van der Waals surface area contributed by atoms with E-state index < -0.39 is 9.04 Å². The highest BCUT2D eigenvalue weighted by atomic mass is 28.3. The Morgan fingerprint density at radius 3 is 1.95 bits per heavy atom. The van der Waals surface area contributed by atoms with Crippen molar-refractivity contribution in [3.63, 3.8) is 0 Å². The van der Waals surface area contributed by atoms with Gasteiger partial charge < -0.3 is 4.43 Å². The van der Waals surface area contributed by atoms with Crippen LogP contribution >= 0.6 is 0 Å². The van der Waals surface area contributed by atoms with Crippen LogP contribution in [0.1, 0.15) is 24.3 Å². The molecule has 0 spiro atoms. The molecule has 2 aromatic rings. The molecule has 0 amide bonds. The van der Waals surface area contributed by atoms with Gasteiger partial charge >= 0.3 is 0 Å². The predicted molar refractivity (Wildman–Crippen MR) is 86.2 cm³/mol. The fraction of sp³-hybridized carbons (Fsp3) is 0.333. The molecule has 1 aliphatic heterocycles. The summed E-state index contributed by atoms with van der Waals surface area (Å²) in [5, 5.41) is 0. The minimum Gasteiger partial charge on any atom is -0.420 e. The van der Waals surface area contributed by atoms with Gasteiger partial charge in [-0.1, -0.05) is 36.4 Å². The van der Waals surface area contributed by atoms with Crippen LogP contribution in [0.2, 0.25) is 12.1 Å². The molecule has 1 radical (unpaired) electrons. The van der Waals surface area contributed by atoms with E-state index in [1.54, 1.807) is 0 Å². The topological polar surface area (TPSA) is 9.23 Å². The third kappa shape index (κ3) is 3.42. The number of hydrogen-bond acceptors (Lipinski definition) is 1. The summed E-state index contributed by atoms with van der Waals surface area (Å²) < 4.78 is 18.5. The van der Waals surface area contributed by atoms with Crippen molar-refractivity contribution in [2.24, 2.45) is 0 Å². The van der Waals surface area contributed by atoms with E-state index in [1.165, 1.54) is 42.6 Å².